The van der Waals surface area contributed by atoms with Crippen LogP contribution >= 0.6 is 7.82 Å². The van der Waals surface area contributed by atoms with E-state index in [0.717, 1.165) is 0 Å². The smallest absolute Gasteiger partial charge is 0.347 e. The summed E-state index contributed by atoms with van der Waals surface area (Å²) in [7, 11) is -4.67. The van der Waals surface area contributed by atoms with Crippen molar-refractivity contribution in [3.8, 4) is 0 Å². The molecule has 0 aliphatic carbocycles. The second kappa shape index (κ2) is 5.92. The first-order chi connectivity index (χ1) is 12.1. The molecule has 2 aliphatic rings. The van der Waals surface area contributed by atoms with Crippen molar-refractivity contribution >= 4 is 19.0 Å². The first-order valence-corrected chi connectivity index (χ1v) is 9.29. The molecule has 2 aromatic heterocycles. The Morgan fingerprint density at radius 1 is 1.35 bits per heavy atom. The standard InChI is InChI=1S/C13H17N4O8P/c1-13(2)24-8-6(3-22-26(19,20)21)23-12(9(8)25-13)17-5-16-7-10(17)14-4-15-11(7)18/h4-6,8-9,12H,3H2,1-2H3,(H,14,15,18)(H2,19,20,21)/t6-,8-,9-,12-/m1/s1. The highest BCUT2D eigenvalue weighted by atomic mass is 31.2. The minimum Gasteiger partial charge on any atom is -0.347 e. The SMILES string of the molecule is CC1(C)O[C@@H]2[C@H](O1)[C@@H](COP(=O)(O)O)O[C@H]2n1cnc2c(=O)[nH]cnc21. The summed E-state index contributed by atoms with van der Waals surface area (Å²) in [6, 6.07) is 0. The van der Waals surface area contributed by atoms with E-state index in [1.54, 1.807) is 13.8 Å². The van der Waals surface area contributed by atoms with E-state index in [2.05, 4.69) is 19.5 Å². The number of fused-ring (bicyclic) bond motifs is 2. The molecule has 0 radical (unpaired) electrons. The molecule has 4 heterocycles. The Morgan fingerprint density at radius 2 is 2.08 bits per heavy atom. The van der Waals surface area contributed by atoms with Gasteiger partial charge >= 0.3 is 7.82 Å². The van der Waals surface area contributed by atoms with E-state index in [0.29, 0.717) is 5.65 Å². The molecule has 142 valence electrons. The van der Waals surface area contributed by atoms with Gasteiger partial charge in [0, 0.05) is 0 Å². The maximum atomic E-state index is 11.8. The predicted octanol–water partition coefficient (Wildman–Crippen LogP) is -0.354. The fourth-order valence-corrected chi connectivity index (χ4v) is 3.58. The topological polar surface area (TPSA) is 158 Å². The number of hydrogen-bond acceptors (Lipinski definition) is 8. The highest BCUT2D eigenvalue weighted by Gasteiger charge is 2.56. The van der Waals surface area contributed by atoms with Gasteiger partial charge in [-0.05, 0) is 13.8 Å². The highest BCUT2D eigenvalue weighted by Crippen LogP contribution is 2.45. The zero-order valence-electron chi connectivity index (χ0n) is 13.8. The number of phosphoric ester groups is 1. The number of phosphoric acid groups is 1. The van der Waals surface area contributed by atoms with Crippen molar-refractivity contribution < 1.29 is 33.1 Å². The molecule has 2 saturated heterocycles. The molecule has 12 nitrogen and oxygen atoms in total. The highest BCUT2D eigenvalue weighted by molar-refractivity contribution is 7.46. The Hall–Kier alpha value is -1.66. The first kappa shape index (κ1) is 17.7. The van der Waals surface area contributed by atoms with Crippen LogP contribution in [0.15, 0.2) is 17.4 Å². The number of nitrogens with one attached hydrogen (secondary N) is 1. The van der Waals surface area contributed by atoms with Gasteiger partial charge < -0.3 is 29.0 Å². The van der Waals surface area contributed by atoms with Gasteiger partial charge in [0.05, 0.1) is 19.3 Å². The fraction of sp³-hybridized carbons (Fsp3) is 0.615. The summed E-state index contributed by atoms with van der Waals surface area (Å²) in [6.07, 6.45) is -0.130. The number of imidazole rings is 1. The summed E-state index contributed by atoms with van der Waals surface area (Å²) in [5.74, 6) is -0.918. The molecule has 2 aliphatic heterocycles. The van der Waals surface area contributed by atoms with E-state index in [1.165, 1.54) is 17.2 Å². The van der Waals surface area contributed by atoms with Gasteiger partial charge in [-0.2, -0.15) is 0 Å². The number of rotatable bonds is 4. The van der Waals surface area contributed by atoms with Crippen molar-refractivity contribution in [1.29, 1.82) is 0 Å². The van der Waals surface area contributed by atoms with Crippen molar-refractivity contribution in [2.45, 2.75) is 44.2 Å². The van der Waals surface area contributed by atoms with E-state index >= 15 is 0 Å². The van der Waals surface area contributed by atoms with Gasteiger partial charge in [-0.1, -0.05) is 0 Å². The molecule has 0 spiro atoms. The molecule has 4 atom stereocenters. The van der Waals surface area contributed by atoms with Gasteiger partial charge in [0.1, 0.15) is 18.3 Å². The number of aromatic amines is 1. The number of hydrogen-bond donors (Lipinski definition) is 3. The molecular weight excluding hydrogens is 371 g/mol. The minimum absolute atomic E-state index is 0.140. The second-order valence-electron chi connectivity index (χ2n) is 6.47. The van der Waals surface area contributed by atoms with Crippen LogP contribution in [0.25, 0.3) is 11.2 Å². The van der Waals surface area contributed by atoms with Gasteiger partial charge in [0.2, 0.25) is 0 Å². The van der Waals surface area contributed by atoms with Crippen LogP contribution in [-0.2, 0) is 23.3 Å². The minimum atomic E-state index is -4.67. The summed E-state index contributed by atoms with van der Waals surface area (Å²) in [4.78, 5) is 40.3. The molecule has 0 unspecified atom stereocenters. The van der Waals surface area contributed by atoms with Gasteiger partial charge in [0.15, 0.2) is 23.2 Å². The molecule has 26 heavy (non-hydrogen) atoms. The quantitative estimate of drug-likeness (QED) is 0.591. The van der Waals surface area contributed by atoms with Crippen LogP contribution < -0.4 is 5.56 Å². The van der Waals surface area contributed by atoms with Crippen LogP contribution in [0.1, 0.15) is 20.1 Å². The fourth-order valence-electron chi connectivity index (χ4n) is 3.24. The van der Waals surface area contributed by atoms with Crippen LogP contribution in [0, 0.1) is 0 Å². The molecule has 2 fully saturated rings. The third-order valence-corrected chi connectivity index (χ3v) is 4.66. The summed E-state index contributed by atoms with van der Waals surface area (Å²) in [6.45, 7) is 3.05. The Morgan fingerprint density at radius 3 is 2.81 bits per heavy atom. The second-order valence-corrected chi connectivity index (χ2v) is 7.71. The Labute approximate surface area is 146 Å². The Kier molecular flexibility index (Phi) is 4.04. The van der Waals surface area contributed by atoms with E-state index in [4.69, 9.17) is 24.0 Å². The van der Waals surface area contributed by atoms with Crippen LogP contribution in [0.2, 0.25) is 0 Å². The van der Waals surface area contributed by atoms with Crippen molar-refractivity contribution in [3.63, 3.8) is 0 Å². The number of aromatic nitrogens is 4. The molecule has 0 saturated carbocycles. The molecule has 0 bridgehead atoms. The molecule has 2 aromatic rings. The zero-order valence-corrected chi connectivity index (χ0v) is 14.7. The zero-order chi connectivity index (χ0) is 18.7. The van der Waals surface area contributed by atoms with E-state index in [9.17, 15) is 9.36 Å². The number of ether oxygens (including phenoxy) is 3. The lowest BCUT2D eigenvalue weighted by molar-refractivity contribution is -0.199. The molecule has 13 heteroatoms. The molecule has 4 rings (SSSR count). The van der Waals surface area contributed by atoms with Crippen molar-refractivity contribution in [3.05, 3.63) is 23.0 Å². The van der Waals surface area contributed by atoms with Crippen molar-refractivity contribution in [1.82, 2.24) is 19.5 Å². The van der Waals surface area contributed by atoms with Crippen LogP contribution in [-0.4, -0.2) is 60.0 Å². The monoisotopic (exact) mass is 388 g/mol. The lowest BCUT2D eigenvalue weighted by Crippen LogP contribution is -2.32. The largest absolute Gasteiger partial charge is 0.469 e. The van der Waals surface area contributed by atoms with Gasteiger partial charge in [-0.25, -0.2) is 14.5 Å². The van der Waals surface area contributed by atoms with Crippen LogP contribution in [0.4, 0.5) is 0 Å². The van der Waals surface area contributed by atoms with Crippen molar-refractivity contribution in [2.24, 2.45) is 0 Å². The molecule has 3 N–H and O–H groups in total. The lowest BCUT2D eigenvalue weighted by Gasteiger charge is -2.24. The summed E-state index contributed by atoms with van der Waals surface area (Å²) < 4.78 is 34.7. The van der Waals surface area contributed by atoms with Crippen molar-refractivity contribution in [2.75, 3.05) is 6.61 Å². The maximum absolute atomic E-state index is 11.8. The average molecular weight is 388 g/mol. The first-order valence-electron chi connectivity index (χ1n) is 7.76. The predicted molar refractivity (Wildman–Crippen MR) is 83.9 cm³/mol. The number of H-pyrrole nitrogens is 1. The molecule has 0 amide bonds. The van der Waals surface area contributed by atoms with Crippen LogP contribution in [0.5, 0.6) is 0 Å². The normalized spacial score (nSPS) is 30.8. The Balaban J connectivity index is 1.68. The third kappa shape index (κ3) is 3.09. The molecular formula is C13H17N4O8P. The summed E-state index contributed by atoms with van der Waals surface area (Å²) >= 11 is 0. The summed E-state index contributed by atoms with van der Waals surface area (Å²) in [5.41, 5.74) is 0.0386. The van der Waals surface area contributed by atoms with Gasteiger partial charge in [-0.15, -0.1) is 0 Å². The van der Waals surface area contributed by atoms with Gasteiger partial charge in [-0.3, -0.25) is 13.9 Å². The number of nitrogens with zero attached hydrogens (tertiary/aromatic N) is 3. The van der Waals surface area contributed by atoms with Crippen LogP contribution in [0.3, 0.4) is 0 Å². The van der Waals surface area contributed by atoms with E-state index < -0.39 is 43.7 Å². The maximum Gasteiger partial charge on any atom is 0.469 e. The average Bonchev–Trinajstić information content (AvgIpc) is 3.16. The Bertz CT molecular complexity index is 936. The lowest BCUT2D eigenvalue weighted by atomic mass is 10.1. The van der Waals surface area contributed by atoms with E-state index in [-0.39, 0.29) is 12.1 Å². The molecule has 0 aromatic carbocycles. The third-order valence-electron chi connectivity index (χ3n) is 4.17. The summed E-state index contributed by atoms with van der Waals surface area (Å²) in [5, 5.41) is 0. The van der Waals surface area contributed by atoms with Gasteiger partial charge in [0.25, 0.3) is 5.56 Å². The van der Waals surface area contributed by atoms with E-state index in [1.807, 2.05) is 0 Å².